The van der Waals surface area contributed by atoms with Crippen molar-refractivity contribution >= 4 is 11.8 Å². The van der Waals surface area contributed by atoms with Gasteiger partial charge in [0.1, 0.15) is 29.6 Å². The summed E-state index contributed by atoms with van der Waals surface area (Å²) in [5.74, 6) is 4.42. The smallest absolute Gasteiger partial charge is 0.134 e. The van der Waals surface area contributed by atoms with Gasteiger partial charge in [0.2, 0.25) is 0 Å². The van der Waals surface area contributed by atoms with Crippen molar-refractivity contribution in [2.24, 2.45) is 0 Å². The zero-order valence-electron chi connectivity index (χ0n) is 17.2. The van der Waals surface area contributed by atoms with Crippen LogP contribution in [-0.4, -0.2) is 11.9 Å². The van der Waals surface area contributed by atoms with Crippen LogP contribution in [0, 0.1) is 6.92 Å². The van der Waals surface area contributed by atoms with E-state index in [1.807, 2.05) is 49.0 Å². The van der Waals surface area contributed by atoms with E-state index in [-0.39, 0.29) is 4.75 Å². The maximum absolute atomic E-state index is 6.04. The predicted octanol–water partition coefficient (Wildman–Crippen LogP) is 6.87. The molecule has 0 bridgehead atoms. The zero-order valence-corrected chi connectivity index (χ0v) is 18.1. The van der Waals surface area contributed by atoms with E-state index >= 15 is 0 Å². The molecule has 0 spiro atoms. The van der Waals surface area contributed by atoms with Crippen LogP contribution < -0.4 is 9.47 Å². The molecular weight excluding hydrogens is 368 g/mol. The molecule has 4 heteroatoms. The molecule has 0 aliphatic heterocycles. The number of rotatable bonds is 7. The van der Waals surface area contributed by atoms with E-state index in [0.717, 1.165) is 39.9 Å². The van der Waals surface area contributed by atoms with Gasteiger partial charge in [-0.25, -0.2) is 0 Å². The molecule has 0 saturated heterocycles. The summed E-state index contributed by atoms with van der Waals surface area (Å²) >= 11 is 1.94. The Hall–Kier alpha value is -2.33. The standard InChI is InChI=1S/C24H28O3S/c1-17-20(14-23(27-17)19-9-11-21(25-5)12-10-19)15-26-22-8-6-7-18(13-22)16-28-24(2,3)4/h6-14H,15-16H2,1-5H3. The lowest BCUT2D eigenvalue weighted by molar-refractivity contribution is 0.303. The Balaban J connectivity index is 1.65. The molecule has 0 aliphatic rings. The van der Waals surface area contributed by atoms with E-state index in [1.165, 1.54) is 5.56 Å². The first kappa shape index (κ1) is 20.4. The summed E-state index contributed by atoms with van der Waals surface area (Å²) in [5.41, 5.74) is 3.36. The van der Waals surface area contributed by atoms with E-state index in [0.29, 0.717) is 6.61 Å². The topological polar surface area (TPSA) is 31.6 Å². The molecule has 0 aliphatic carbocycles. The quantitative estimate of drug-likeness (QED) is 0.436. The average Bonchev–Trinajstić information content (AvgIpc) is 3.05. The lowest BCUT2D eigenvalue weighted by Gasteiger charge is -2.17. The monoisotopic (exact) mass is 396 g/mol. The summed E-state index contributed by atoms with van der Waals surface area (Å²) in [6.45, 7) is 9.17. The van der Waals surface area contributed by atoms with Crippen LogP contribution in [-0.2, 0) is 12.4 Å². The van der Waals surface area contributed by atoms with Gasteiger partial charge in [0, 0.05) is 21.6 Å². The number of thioether (sulfide) groups is 1. The van der Waals surface area contributed by atoms with Crippen molar-refractivity contribution in [1.82, 2.24) is 0 Å². The molecule has 0 radical (unpaired) electrons. The highest BCUT2D eigenvalue weighted by molar-refractivity contribution is 7.99. The van der Waals surface area contributed by atoms with Crippen LogP contribution in [0.25, 0.3) is 11.3 Å². The third-order valence-electron chi connectivity index (χ3n) is 4.36. The lowest BCUT2D eigenvalue weighted by atomic mass is 10.1. The van der Waals surface area contributed by atoms with Gasteiger partial charge in [-0.2, -0.15) is 11.8 Å². The van der Waals surface area contributed by atoms with Gasteiger partial charge in [-0.3, -0.25) is 0 Å². The van der Waals surface area contributed by atoms with Crippen LogP contribution in [0.3, 0.4) is 0 Å². The normalized spacial score (nSPS) is 11.5. The Morgan fingerprint density at radius 3 is 2.39 bits per heavy atom. The molecule has 148 valence electrons. The number of aryl methyl sites for hydroxylation is 1. The molecule has 0 fully saturated rings. The molecule has 0 saturated carbocycles. The molecular formula is C24H28O3S. The number of methoxy groups -OCH3 is 1. The van der Waals surface area contributed by atoms with Crippen LogP contribution in [0.5, 0.6) is 11.5 Å². The van der Waals surface area contributed by atoms with Crippen LogP contribution in [0.1, 0.15) is 37.7 Å². The van der Waals surface area contributed by atoms with Crippen LogP contribution >= 0.6 is 11.8 Å². The van der Waals surface area contributed by atoms with Gasteiger partial charge in [0.15, 0.2) is 0 Å². The number of ether oxygens (including phenoxy) is 2. The van der Waals surface area contributed by atoms with Gasteiger partial charge in [0.05, 0.1) is 7.11 Å². The summed E-state index contributed by atoms with van der Waals surface area (Å²) in [7, 11) is 1.66. The van der Waals surface area contributed by atoms with Gasteiger partial charge in [-0.1, -0.05) is 32.9 Å². The second kappa shape index (κ2) is 8.78. The fraction of sp³-hybridized carbons (Fsp3) is 0.333. The van der Waals surface area contributed by atoms with Gasteiger partial charge in [-0.15, -0.1) is 0 Å². The van der Waals surface area contributed by atoms with Gasteiger partial charge >= 0.3 is 0 Å². The fourth-order valence-electron chi connectivity index (χ4n) is 2.75. The predicted molar refractivity (Wildman–Crippen MR) is 117 cm³/mol. The van der Waals surface area contributed by atoms with Crippen molar-refractivity contribution < 1.29 is 13.9 Å². The summed E-state index contributed by atoms with van der Waals surface area (Å²) in [4.78, 5) is 0. The Labute approximate surface area is 172 Å². The number of furan rings is 1. The number of hydrogen-bond donors (Lipinski definition) is 0. The highest BCUT2D eigenvalue weighted by Gasteiger charge is 2.12. The van der Waals surface area contributed by atoms with Crippen molar-refractivity contribution in [2.45, 2.75) is 44.8 Å². The number of benzene rings is 2. The first-order valence-corrected chi connectivity index (χ1v) is 10.4. The zero-order chi connectivity index (χ0) is 20.1. The molecule has 0 atom stereocenters. The Morgan fingerprint density at radius 1 is 0.964 bits per heavy atom. The van der Waals surface area contributed by atoms with E-state index in [2.05, 4.69) is 45.0 Å². The van der Waals surface area contributed by atoms with E-state index in [4.69, 9.17) is 13.9 Å². The number of hydrogen-bond acceptors (Lipinski definition) is 4. The summed E-state index contributed by atoms with van der Waals surface area (Å²) in [5, 5.41) is 0. The average molecular weight is 397 g/mol. The van der Waals surface area contributed by atoms with E-state index in [1.54, 1.807) is 7.11 Å². The van der Waals surface area contributed by atoms with Crippen molar-refractivity contribution in [3.8, 4) is 22.8 Å². The minimum absolute atomic E-state index is 0.253. The maximum Gasteiger partial charge on any atom is 0.134 e. The highest BCUT2D eigenvalue weighted by atomic mass is 32.2. The molecule has 1 aromatic heterocycles. The Morgan fingerprint density at radius 2 is 1.71 bits per heavy atom. The van der Waals surface area contributed by atoms with E-state index < -0.39 is 0 Å². The largest absolute Gasteiger partial charge is 0.497 e. The second-order valence-electron chi connectivity index (χ2n) is 7.76. The minimum Gasteiger partial charge on any atom is -0.497 e. The summed E-state index contributed by atoms with van der Waals surface area (Å²) < 4.78 is 17.4. The molecule has 0 amide bonds. The van der Waals surface area contributed by atoms with Crippen molar-refractivity contribution in [2.75, 3.05) is 7.11 Å². The molecule has 28 heavy (non-hydrogen) atoms. The molecule has 3 aromatic rings. The third-order valence-corrected chi connectivity index (χ3v) is 5.70. The summed E-state index contributed by atoms with van der Waals surface area (Å²) in [6.07, 6.45) is 0. The molecule has 1 heterocycles. The molecule has 2 aromatic carbocycles. The maximum atomic E-state index is 6.04. The molecule has 0 N–H and O–H groups in total. The van der Waals surface area contributed by atoms with Crippen LogP contribution in [0.2, 0.25) is 0 Å². The van der Waals surface area contributed by atoms with E-state index in [9.17, 15) is 0 Å². The molecule has 0 unspecified atom stereocenters. The summed E-state index contributed by atoms with van der Waals surface area (Å²) in [6, 6.07) is 18.3. The Kier molecular flexibility index (Phi) is 6.40. The fourth-order valence-corrected chi connectivity index (χ4v) is 3.53. The first-order chi connectivity index (χ1) is 13.3. The van der Waals surface area contributed by atoms with Crippen LogP contribution in [0.15, 0.2) is 59.0 Å². The lowest BCUT2D eigenvalue weighted by Crippen LogP contribution is -2.07. The molecule has 3 rings (SSSR count). The highest BCUT2D eigenvalue weighted by Crippen LogP contribution is 2.30. The van der Waals surface area contributed by atoms with Crippen molar-refractivity contribution in [3.63, 3.8) is 0 Å². The van der Waals surface area contributed by atoms with Gasteiger partial charge in [0.25, 0.3) is 0 Å². The van der Waals surface area contributed by atoms with Crippen molar-refractivity contribution in [1.29, 1.82) is 0 Å². The third kappa shape index (κ3) is 5.59. The Bertz CT molecular complexity index is 904. The van der Waals surface area contributed by atoms with Crippen LogP contribution in [0.4, 0.5) is 0 Å². The minimum atomic E-state index is 0.253. The molecule has 3 nitrogen and oxygen atoms in total. The first-order valence-electron chi connectivity index (χ1n) is 9.43. The van der Waals surface area contributed by atoms with Gasteiger partial charge < -0.3 is 13.9 Å². The SMILES string of the molecule is COc1ccc(-c2cc(COc3cccc(CSC(C)(C)C)c3)c(C)o2)cc1. The van der Waals surface area contributed by atoms with Gasteiger partial charge in [-0.05, 0) is 55.0 Å². The second-order valence-corrected chi connectivity index (χ2v) is 9.56. The van der Waals surface area contributed by atoms with Crippen molar-refractivity contribution in [3.05, 3.63) is 71.5 Å².